The summed E-state index contributed by atoms with van der Waals surface area (Å²) in [6.07, 6.45) is -2.87. The fourth-order valence-corrected chi connectivity index (χ4v) is 2.57. The number of nitrogens with one attached hydrogen (secondary N) is 1. The molecule has 3 nitrogen and oxygen atoms in total. The first-order chi connectivity index (χ1) is 9.49. The van der Waals surface area contributed by atoms with E-state index < -0.39 is 12.6 Å². The van der Waals surface area contributed by atoms with Crippen LogP contribution in [0.5, 0.6) is 0 Å². The molecule has 0 atom stereocenters. The maximum Gasteiger partial charge on any atom is 0.393 e. The molecule has 0 radical (unpaired) electrons. The van der Waals surface area contributed by atoms with E-state index in [1.165, 1.54) is 23.7 Å². The molecule has 0 spiro atoms. The van der Waals surface area contributed by atoms with Crippen LogP contribution in [0.3, 0.4) is 0 Å². The minimum absolute atomic E-state index is 0.231. The maximum atomic E-state index is 12.4. The van der Waals surface area contributed by atoms with Gasteiger partial charge in [-0.15, -0.1) is 0 Å². The van der Waals surface area contributed by atoms with E-state index in [0.29, 0.717) is 16.7 Å². The Morgan fingerprint density at radius 2 is 2.10 bits per heavy atom. The van der Waals surface area contributed by atoms with Gasteiger partial charge in [-0.3, -0.25) is 0 Å². The van der Waals surface area contributed by atoms with Gasteiger partial charge in [0.15, 0.2) is 0 Å². The van der Waals surface area contributed by atoms with E-state index in [1.807, 2.05) is 0 Å². The normalized spacial score (nSPS) is 15.3. The number of hydrogen-bond donors (Lipinski definition) is 1. The van der Waals surface area contributed by atoms with E-state index in [-0.39, 0.29) is 5.56 Å². The van der Waals surface area contributed by atoms with Crippen LogP contribution < -0.4 is 5.32 Å². The van der Waals surface area contributed by atoms with Gasteiger partial charge in [-0.05, 0) is 30.5 Å². The molecule has 1 N–H and O–H groups in total. The van der Waals surface area contributed by atoms with Crippen LogP contribution in [0.25, 0.3) is 0 Å². The lowest BCUT2D eigenvalue weighted by atomic mass is 10.1. The van der Waals surface area contributed by atoms with Crippen molar-refractivity contribution in [1.82, 2.24) is 9.36 Å². The minimum atomic E-state index is -4.19. The molecule has 0 bridgehead atoms. The summed E-state index contributed by atoms with van der Waals surface area (Å²) < 4.78 is 41.3. The van der Waals surface area contributed by atoms with E-state index in [2.05, 4.69) is 14.7 Å². The van der Waals surface area contributed by atoms with Crippen molar-refractivity contribution in [2.45, 2.75) is 31.4 Å². The second-order valence-electron chi connectivity index (χ2n) is 4.85. The molecular formula is C13H12F3N3S. The third-order valence-electron chi connectivity index (χ3n) is 2.97. The molecule has 3 rings (SSSR count). The molecule has 7 heteroatoms. The van der Waals surface area contributed by atoms with Crippen molar-refractivity contribution in [2.24, 2.45) is 0 Å². The third kappa shape index (κ3) is 3.47. The van der Waals surface area contributed by atoms with Crippen LogP contribution in [0.15, 0.2) is 24.3 Å². The summed E-state index contributed by atoms with van der Waals surface area (Å²) in [6.45, 7) is 0. The zero-order valence-corrected chi connectivity index (χ0v) is 11.3. The first-order valence-electron chi connectivity index (χ1n) is 6.26. The molecule has 1 heterocycles. The van der Waals surface area contributed by atoms with Gasteiger partial charge in [-0.25, -0.2) is 4.98 Å². The lowest BCUT2D eigenvalue weighted by Gasteiger charge is -2.08. The van der Waals surface area contributed by atoms with E-state index >= 15 is 0 Å². The first kappa shape index (κ1) is 13.4. The van der Waals surface area contributed by atoms with Gasteiger partial charge in [0.2, 0.25) is 5.13 Å². The fraction of sp³-hybridized carbons (Fsp3) is 0.385. The number of anilines is 2. The second kappa shape index (κ2) is 5.05. The topological polar surface area (TPSA) is 37.8 Å². The van der Waals surface area contributed by atoms with E-state index in [4.69, 9.17) is 0 Å². The van der Waals surface area contributed by atoms with Gasteiger partial charge < -0.3 is 5.32 Å². The summed E-state index contributed by atoms with van der Waals surface area (Å²) in [6, 6.07) is 6.28. The molecule has 20 heavy (non-hydrogen) atoms. The van der Waals surface area contributed by atoms with E-state index in [1.54, 1.807) is 12.1 Å². The molecule has 0 saturated heterocycles. The number of benzene rings is 1. The van der Waals surface area contributed by atoms with Crippen LogP contribution in [0.1, 0.15) is 30.1 Å². The Hall–Kier alpha value is -1.63. The summed E-state index contributed by atoms with van der Waals surface area (Å²) in [4.78, 5) is 4.35. The molecule has 0 unspecified atom stereocenters. The van der Waals surface area contributed by atoms with Crippen molar-refractivity contribution in [3.05, 3.63) is 35.7 Å². The number of hydrogen-bond acceptors (Lipinski definition) is 4. The minimum Gasteiger partial charge on any atom is -0.330 e. The number of nitrogens with zero attached hydrogens (tertiary/aromatic N) is 2. The summed E-state index contributed by atoms with van der Waals surface area (Å²) in [5, 5.41) is 3.63. The SMILES string of the molecule is FC(F)(F)Cc1cccc(Nc2nc(C3CC3)ns2)c1. The zero-order chi connectivity index (χ0) is 14.2. The van der Waals surface area contributed by atoms with Crippen LogP contribution >= 0.6 is 11.5 Å². The Morgan fingerprint density at radius 3 is 2.80 bits per heavy atom. The quantitative estimate of drug-likeness (QED) is 0.916. The second-order valence-corrected chi connectivity index (χ2v) is 5.60. The Kier molecular flexibility index (Phi) is 3.37. The average molecular weight is 299 g/mol. The average Bonchev–Trinajstić information content (AvgIpc) is 3.09. The predicted molar refractivity (Wildman–Crippen MR) is 71.4 cm³/mol. The number of rotatable bonds is 4. The van der Waals surface area contributed by atoms with Crippen LogP contribution in [0.4, 0.5) is 24.0 Å². The van der Waals surface area contributed by atoms with Gasteiger partial charge in [-0.1, -0.05) is 12.1 Å². The molecule has 1 saturated carbocycles. The zero-order valence-electron chi connectivity index (χ0n) is 10.4. The lowest BCUT2D eigenvalue weighted by Crippen LogP contribution is -2.11. The Morgan fingerprint density at radius 1 is 1.30 bits per heavy atom. The molecule has 1 fully saturated rings. The van der Waals surface area contributed by atoms with Crippen LogP contribution in [0, 0.1) is 0 Å². The molecule has 1 aliphatic carbocycles. The third-order valence-corrected chi connectivity index (χ3v) is 3.61. The molecule has 0 aliphatic heterocycles. The van der Waals surface area contributed by atoms with Gasteiger partial charge in [0.25, 0.3) is 0 Å². The van der Waals surface area contributed by atoms with Gasteiger partial charge in [-0.2, -0.15) is 17.5 Å². The smallest absolute Gasteiger partial charge is 0.330 e. The van der Waals surface area contributed by atoms with Crippen LogP contribution in [-0.2, 0) is 6.42 Å². The molecule has 1 aliphatic rings. The van der Waals surface area contributed by atoms with Crippen molar-refractivity contribution < 1.29 is 13.2 Å². The molecule has 1 aromatic carbocycles. The molecule has 0 amide bonds. The highest BCUT2D eigenvalue weighted by molar-refractivity contribution is 7.09. The van der Waals surface area contributed by atoms with Crippen LogP contribution in [0.2, 0.25) is 0 Å². The fourth-order valence-electron chi connectivity index (χ4n) is 1.91. The Balaban J connectivity index is 1.71. The van der Waals surface area contributed by atoms with E-state index in [0.717, 1.165) is 18.7 Å². The van der Waals surface area contributed by atoms with Gasteiger partial charge in [0.05, 0.1) is 6.42 Å². The number of alkyl halides is 3. The Bertz CT molecular complexity index is 605. The van der Waals surface area contributed by atoms with Gasteiger partial charge >= 0.3 is 6.18 Å². The predicted octanol–water partition coefficient (Wildman–Crippen LogP) is 4.26. The molecule has 2 aromatic rings. The van der Waals surface area contributed by atoms with Crippen molar-refractivity contribution in [1.29, 1.82) is 0 Å². The highest BCUT2D eigenvalue weighted by Gasteiger charge is 2.28. The molecule has 106 valence electrons. The number of halogens is 3. The van der Waals surface area contributed by atoms with Crippen molar-refractivity contribution in [2.75, 3.05) is 5.32 Å². The first-order valence-corrected chi connectivity index (χ1v) is 7.03. The maximum absolute atomic E-state index is 12.4. The van der Waals surface area contributed by atoms with Gasteiger partial charge in [0.1, 0.15) is 5.82 Å². The molecular weight excluding hydrogens is 287 g/mol. The summed E-state index contributed by atoms with van der Waals surface area (Å²) >= 11 is 1.24. The summed E-state index contributed by atoms with van der Waals surface area (Å²) in [5.74, 6) is 1.31. The standard InChI is InChI=1S/C13H12F3N3S/c14-13(15,16)7-8-2-1-3-10(6-8)17-12-18-11(19-20-12)9-4-5-9/h1-3,6,9H,4-5,7H2,(H,17,18,19). The largest absolute Gasteiger partial charge is 0.393 e. The number of aromatic nitrogens is 2. The monoisotopic (exact) mass is 299 g/mol. The molecule has 1 aromatic heterocycles. The Labute approximate surface area is 118 Å². The van der Waals surface area contributed by atoms with Crippen molar-refractivity contribution >= 4 is 22.4 Å². The lowest BCUT2D eigenvalue weighted by molar-refractivity contribution is -0.127. The summed E-state index contributed by atoms with van der Waals surface area (Å²) in [7, 11) is 0. The van der Waals surface area contributed by atoms with Crippen LogP contribution in [-0.4, -0.2) is 15.5 Å². The van der Waals surface area contributed by atoms with Gasteiger partial charge in [0, 0.05) is 23.1 Å². The highest BCUT2D eigenvalue weighted by Crippen LogP contribution is 2.39. The van der Waals surface area contributed by atoms with E-state index in [9.17, 15) is 13.2 Å². The van der Waals surface area contributed by atoms with Crippen molar-refractivity contribution in [3.63, 3.8) is 0 Å². The van der Waals surface area contributed by atoms with Crippen molar-refractivity contribution in [3.8, 4) is 0 Å². The highest BCUT2D eigenvalue weighted by atomic mass is 32.1. The summed E-state index contributed by atoms with van der Waals surface area (Å²) in [5.41, 5.74) is 0.833.